The number of hydrogen-bond donors (Lipinski definition) is 3. The minimum atomic E-state index is -3.41. The van der Waals surface area contributed by atoms with E-state index in [1.165, 1.54) is 0 Å². The van der Waals surface area contributed by atoms with E-state index in [4.69, 9.17) is 0 Å². The van der Waals surface area contributed by atoms with Gasteiger partial charge in [0.1, 0.15) is 0 Å². The molecule has 180 valence electrons. The second-order valence-electron chi connectivity index (χ2n) is 8.28. The lowest BCUT2D eigenvalue weighted by atomic mass is 10.1. The Kier molecular flexibility index (Phi) is 11.2. The molecule has 1 saturated carbocycles. The number of nitrogens with zero attached hydrogens (tertiary/aromatic N) is 2. The molecule has 0 spiro atoms. The highest BCUT2D eigenvalue weighted by molar-refractivity contribution is 14.0. The van der Waals surface area contributed by atoms with E-state index in [2.05, 4.69) is 20.3 Å². The number of carbonyl (C=O) groups excluding carboxylic acids is 1. The second kappa shape index (κ2) is 13.3. The van der Waals surface area contributed by atoms with Gasteiger partial charge in [-0.1, -0.05) is 43.2 Å². The number of amides is 1. The van der Waals surface area contributed by atoms with Crippen LogP contribution in [0, 0.1) is 5.92 Å². The van der Waals surface area contributed by atoms with E-state index < -0.39 is 10.0 Å². The molecule has 10 heteroatoms. The van der Waals surface area contributed by atoms with Crippen molar-refractivity contribution >= 4 is 45.9 Å². The largest absolute Gasteiger partial charge is 0.357 e. The zero-order chi connectivity index (χ0) is 22.1. The summed E-state index contributed by atoms with van der Waals surface area (Å²) in [6.07, 6.45) is 5.23. The molecule has 1 aromatic rings. The topological polar surface area (TPSA) is 103 Å². The van der Waals surface area contributed by atoms with Gasteiger partial charge in [-0.15, -0.1) is 24.0 Å². The Balaban J connectivity index is 0.00000363. The zero-order valence-corrected chi connectivity index (χ0v) is 21.9. The monoisotopic (exact) mass is 577 g/mol. The Morgan fingerprint density at radius 3 is 2.56 bits per heavy atom. The fourth-order valence-corrected chi connectivity index (χ4v) is 5.02. The highest BCUT2D eigenvalue weighted by atomic mass is 127. The van der Waals surface area contributed by atoms with Crippen LogP contribution in [0.3, 0.4) is 0 Å². The molecule has 1 heterocycles. The van der Waals surface area contributed by atoms with Crippen LogP contribution in [0.4, 0.5) is 0 Å². The van der Waals surface area contributed by atoms with Crippen LogP contribution in [-0.2, 0) is 21.4 Å². The summed E-state index contributed by atoms with van der Waals surface area (Å²) in [7, 11) is -3.41. The Morgan fingerprint density at radius 1 is 1.16 bits per heavy atom. The number of nitrogens with one attached hydrogen (secondary N) is 3. The summed E-state index contributed by atoms with van der Waals surface area (Å²) in [6, 6.07) is 9.57. The first-order valence-corrected chi connectivity index (χ1v) is 13.0. The van der Waals surface area contributed by atoms with Crippen molar-refractivity contribution in [3.05, 3.63) is 35.9 Å². The molecule has 1 amide bonds. The molecule has 0 bridgehead atoms. The predicted octanol–water partition coefficient (Wildman–Crippen LogP) is 2.07. The number of sulfonamides is 1. The average Bonchev–Trinajstić information content (AvgIpc) is 3.45. The van der Waals surface area contributed by atoms with Crippen molar-refractivity contribution in [2.24, 2.45) is 10.9 Å². The number of rotatable bonds is 9. The standard InChI is InChI=1S/C22H35N5O3S.HI/c1-2-23-22(24-13-15-31(29,30)25-16-18-8-4-3-5-9-18)26-20-12-14-27(17-20)21(28)19-10-6-7-11-19;/h3-5,8-9,19-20,25H,2,6-7,10-17H2,1H3,(H2,23,24,26);1H. The van der Waals surface area contributed by atoms with Gasteiger partial charge in [0.25, 0.3) is 0 Å². The van der Waals surface area contributed by atoms with Gasteiger partial charge in [-0.2, -0.15) is 0 Å². The quantitative estimate of drug-likeness (QED) is 0.237. The number of likely N-dealkylation sites (tertiary alicyclic amines) is 1. The lowest BCUT2D eigenvalue weighted by Crippen LogP contribution is -2.45. The van der Waals surface area contributed by atoms with E-state index in [1.807, 2.05) is 42.2 Å². The van der Waals surface area contributed by atoms with Crippen LogP contribution < -0.4 is 15.4 Å². The summed E-state index contributed by atoms with van der Waals surface area (Å²) >= 11 is 0. The van der Waals surface area contributed by atoms with Crippen molar-refractivity contribution in [2.75, 3.05) is 31.9 Å². The smallest absolute Gasteiger partial charge is 0.225 e. The zero-order valence-electron chi connectivity index (χ0n) is 18.8. The molecule has 1 aliphatic heterocycles. The van der Waals surface area contributed by atoms with Crippen LogP contribution in [0.25, 0.3) is 0 Å². The molecule has 32 heavy (non-hydrogen) atoms. The summed E-state index contributed by atoms with van der Waals surface area (Å²) in [5.41, 5.74) is 0.919. The maximum atomic E-state index is 12.6. The summed E-state index contributed by atoms with van der Waals surface area (Å²) in [5.74, 6) is 1.02. The van der Waals surface area contributed by atoms with Gasteiger partial charge < -0.3 is 15.5 Å². The lowest BCUT2D eigenvalue weighted by molar-refractivity contribution is -0.134. The number of benzene rings is 1. The molecular formula is C22H36IN5O3S. The van der Waals surface area contributed by atoms with Crippen LogP contribution in [0.15, 0.2) is 35.3 Å². The number of aliphatic imine (C=N–C) groups is 1. The van der Waals surface area contributed by atoms with Crippen LogP contribution in [0.5, 0.6) is 0 Å². The number of hydrogen-bond acceptors (Lipinski definition) is 4. The van der Waals surface area contributed by atoms with E-state index >= 15 is 0 Å². The van der Waals surface area contributed by atoms with E-state index in [9.17, 15) is 13.2 Å². The molecule has 3 N–H and O–H groups in total. The van der Waals surface area contributed by atoms with E-state index in [0.717, 1.165) is 44.2 Å². The molecule has 0 aromatic heterocycles. The SMILES string of the molecule is CCNC(=NCCS(=O)(=O)NCc1ccccc1)NC1CCN(C(=O)C2CCCC2)C1.I. The van der Waals surface area contributed by atoms with E-state index in [1.54, 1.807) is 0 Å². The highest BCUT2D eigenvalue weighted by Crippen LogP contribution is 2.27. The summed E-state index contributed by atoms with van der Waals surface area (Å²) in [4.78, 5) is 19.0. The van der Waals surface area contributed by atoms with Crippen molar-refractivity contribution < 1.29 is 13.2 Å². The van der Waals surface area contributed by atoms with Crippen LogP contribution in [-0.4, -0.2) is 63.2 Å². The molecule has 1 unspecified atom stereocenters. The molecule has 2 aliphatic rings. The van der Waals surface area contributed by atoms with E-state index in [0.29, 0.717) is 25.0 Å². The molecular weight excluding hydrogens is 541 g/mol. The Labute approximate surface area is 209 Å². The first-order valence-electron chi connectivity index (χ1n) is 11.3. The van der Waals surface area contributed by atoms with Crippen LogP contribution >= 0.6 is 24.0 Å². The Morgan fingerprint density at radius 2 is 1.88 bits per heavy atom. The Bertz CT molecular complexity index is 844. The summed E-state index contributed by atoms with van der Waals surface area (Å²) < 4.78 is 27.1. The summed E-state index contributed by atoms with van der Waals surface area (Å²) in [5, 5.41) is 6.54. The van der Waals surface area contributed by atoms with Crippen LogP contribution in [0.2, 0.25) is 0 Å². The molecule has 8 nitrogen and oxygen atoms in total. The third kappa shape index (κ3) is 8.51. The van der Waals surface area contributed by atoms with Gasteiger partial charge in [-0.25, -0.2) is 13.1 Å². The number of carbonyl (C=O) groups is 1. The maximum Gasteiger partial charge on any atom is 0.225 e. The van der Waals surface area contributed by atoms with Gasteiger partial charge in [0, 0.05) is 38.1 Å². The van der Waals surface area contributed by atoms with Crippen molar-refractivity contribution in [3.8, 4) is 0 Å². The van der Waals surface area contributed by atoms with Crippen molar-refractivity contribution in [3.63, 3.8) is 0 Å². The first-order chi connectivity index (χ1) is 15.0. The minimum Gasteiger partial charge on any atom is -0.357 e. The second-order valence-corrected chi connectivity index (χ2v) is 10.2. The van der Waals surface area contributed by atoms with Gasteiger partial charge in [0.15, 0.2) is 5.96 Å². The third-order valence-corrected chi connectivity index (χ3v) is 7.16. The predicted molar refractivity (Wildman–Crippen MR) is 139 cm³/mol. The molecule has 1 aliphatic carbocycles. The van der Waals surface area contributed by atoms with Gasteiger partial charge >= 0.3 is 0 Å². The first kappa shape index (κ1) is 26.8. The number of guanidine groups is 1. The highest BCUT2D eigenvalue weighted by Gasteiger charge is 2.32. The fraction of sp³-hybridized carbons (Fsp3) is 0.636. The molecule has 0 radical (unpaired) electrons. The molecule has 1 saturated heterocycles. The Hall–Kier alpha value is -1.40. The van der Waals surface area contributed by atoms with Crippen molar-refractivity contribution in [1.29, 1.82) is 0 Å². The summed E-state index contributed by atoms with van der Waals surface area (Å²) in [6.45, 7) is 4.54. The fourth-order valence-electron chi connectivity index (χ4n) is 4.16. The number of halogens is 1. The van der Waals surface area contributed by atoms with E-state index in [-0.39, 0.29) is 54.8 Å². The van der Waals surface area contributed by atoms with Gasteiger partial charge in [0.05, 0.1) is 12.3 Å². The van der Waals surface area contributed by atoms with Crippen LogP contribution in [0.1, 0.15) is 44.6 Å². The lowest BCUT2D eigenvalue weighted by Gasteiger charge is -2.21. The average molecular weight is 578 g/mol. The maximum absolute atomic E-state index is 12.6. The van der Waals surface area contributed by atoms with Gasteiger partial charge in [-0.3, -0.25) is 9.79 Å². The third-order valence-electron chi connectivity index (χ3n) is 5.86. The minimum absolute atomic E-state index is 0. The normalized spacial score (nSPS) is 19.6. The van der Waals surface area contributed by atoms with Crippen molar-refractivity contribution in [2.45, 2.75) is 51.6 Å². The van der Waals surface area contributed by atoms with Gasteiger partial charge in [-0.05, 0) is 31.7 Å². The molecule has 2 fully saturated rings. The molecule has 1 atom stereocenters. The molecule has 1 aromatic carbocycles. The van der Waals surface area contributed by atoms with Crippen molar-refractivity contribution in [1.82, 2.24) is 20.3 Å². The molecule has 3 rings (SSSR count). The van der Waals surface area contributed by atoms with Gasteiger partial charge in [0.2, 0.25) is 15.9 Å².